The molecule has 0 saturated heterocycles. The predicted octanol–water partition coefficient (Wildman–Crippen LogP) is 4.44. The molecular weight excluding hydrogens is 264 g/mol. The molecule has 0 unspecified atom stereocenters. The van der Waals surface area contributed by atoms with Crippen molar-refractivity contribution in [2.45, 2.75) is 6.92 Å². The molecule has 1 N–H and O–H groups in total. The average molecular weight is 282 g/mol. The minimum absolute atomic E-state index is 0.304. The van der Waals surface area contributed by atoms with Crippen LogP contribution in [-0.4, -0.2) is 11.1 Å². The van der Waals surface area contributed by atoms with E-state index in [2.05, 4.69) is 4.74 Å². The van der Waals surface area contributed by atoms with Crippen LogP contribution < -0.4 is 0 Å². The molecule has 2 aromatic carbocycles. The number of rotatable bonds is 3. The summed E-state index contributed by atoms with van der Waals surface area (Å²) >= 11 is 0. The van der Waals surface area contributed by atoms with E-state index in [1.165, 1.54) is 13.2 Å². The van der Waals surface area contributed by atoms with Crippen LogP contribution in [0, 0.1) is 0 Å². The van der Waals surface area contributed by atoms with E-state index in [9.17, 15) is 4.79 Å². The normalized spacial score (nSPS) is 10.1. The van der Waals surface area contributed by atoms with Crippen LogP contribution in [0.4, 0.5) is 0 Å². The fourth-order valence-electron chi connectivity index (χ4n) is 1.42. The molecule has 3 nitrogen and oxygen atoms in total. The summed E-state index contributed by atoms with van der Waals surface area (Å²) in [5.74, 6) is -0.304. The first-order chi connectivity index (χ1) is 10.2. The van der Waals surface area contributed by atoms with E-state index < -0.39 is 0 Å². The zero-order chi connectivity index (χ0) is 15.3. The molecule has 0 saturated carbocycles. The highest BCUT2D eigenvalue weighted by Crippen LogP contribution is 2.00. The van der Waals surface area contributed by atoms with Crippen molar-refractivity contribution in [3.05, 3.63) is 84.3 Å². The second-order valence-electron chi connectivity index (χ2n) is 4.05. The summed E-state index contributed by atoms with van der Waals surface area (Å²) in [5, 5.41) is 8.34. The monoisotopic (exact) mass is 282 g/mol. The highest BCUT2D eigenvalue weighted by molar-refractivity contribution is 5.67. The Hall–Kier alpha value is -2.81. The summed E-state index contributed by atoms with van der Waals surface area (Å²) in [7, 11) is 0. The van der Waals surface area contributed by atoms with Crippen LogP contribution in [0.25, 0.3) is 12.2 Å². The van der Waals surface area contributed by atoms with Gasteiger partial charge in [0, 0.05) is 6.92 Å². The second kappa shape index (κ2) is 10.0. The van der Waals surface area contributed by atoms with Gasteiger partial charge in [-0.15, -0.1) is 0 Å². The first-order valence-corrected chi connectivity index (χ1v) is 6.47. The average Bonchev–Trinajstić information content (AvgIpc) is 2.50. The summed E-state index contributed by atoms with van der Waals surface area (Å²) in [6.07, 6.45) is 5.80. The molecule has 0 amide bonds. The molecule has 2 aromatic rings. The first-order valence-electron chi connectivity index (χ1n) is 6.47. The molecule has 0 spiro atoms. The Kier molecular flexibility index (Phi) is 7.76. The lowest BCUT2D eigenvalue weighted by atomic mass is 10.2. The van der Waals surface area contributed by atoms with Gasteiger partial charge in [-0.25, -0.2) is 0 Å². The summed E-state index contributed by atoms with van der Waals surface area (Å²) in [4.78, 5) is 10.4. The highest BCUT2D eigenvalue weighted by atomic mass is 16.5. The van der Waals surface area contributed by atoms with Gasteiger partial charge < -0.3 is 9.84 Å². The number of carbonyl (C=O) groups excluding carboxylic acids is 1. The van der Waals surface area contributed by atoms with Crippen molar-refractivity contribution in [1.29, 1.82) is 0 Å². The summed E-state index contributed by atoms with van der Waals surface area (Å²) in [5.41, 5.74) is 2.03. The van der Waals surface area contributed by atoms with Gasteiger partial charge in [0.1, 0.15) is 0 Å². The molecule has 108 valence electrons. The molecule has 0 radical (unpaired) electrons. The van der Waals surface area contributed by atoms with E-state index in [1.807, 2.05) is 60.7 Å². The maximum atomic E-state index is 10.4. The zero-order valence-corrected chi connectivity index (χ0v) is 11.8. The number of esters is 1. The Balaban J connectivity index is 0.000000219. The van der Waals surface area contributed by atoms with Crippen molar-refractivity contribution < 1.29 is 14.6 Å². The fourth-order valence-corrected chi connectivity index (χ4v) is 1.42. The minimum atomic E-state index is -0.304. The Morgan fingerprint density at radius 1 is 0.905 bits per heavy atom. The summed E-state index contributed by atoms with van der Waals surface area (Å²) in [6, 6.07) is 19.3. The Bertz CT molecular complexity index is 572. The molecule has 0 aliphatic rings. The van der Waals surface area contributed by atoms with Crippen LogP contribution in [0.5, 0.6) is 0 Å². The van der Waals surface area contributed by atoms with Gasteiger partial charge in [-0.1, -0.05) is 60.7 Å². The minimum Gasteiger partial charge on any atom is -0.516 e. The molecule has 0 fully saturated rings. The van der Waals surface area contributed by atoms with Gasteiger partial charge in [0.25, 0.3) is 0 Å². The Morgan fingerprint density at radius 3 is 1.81 bits per heavy atom. The maximum Gasteiger partial charge on any atom is 0.307 e. The summed E-state index contributed by atoms with van der Waals surface area (Å²) < 4.78 is 4.63. The quantitative estimate of drug-likeness (QED) is 0.669. The molecule has 0 heterocycles. The highest BCUT2D eigenvalue weighted by Gasteiger charge is 1.85. The van der Waals surface area contributed by atoms with Crippen LogP contribution in [0.1, 0.15) is 18.1 Å². The smallest absolute Gasteiger partial charge is 0.307 e. The topological polar surface area (TPSA) is 46.5 Å². The van der Waals surface area contributed by atoms with Crippen molar-refractivity contribution in [2.75, 3.05) is 0 Å². The standard InChI is InChI=1S/C10H10O2.C8H8O/c1-9(11)12-8-7-10-5-3-2-4-6-10;9-7-6-8-4-2-1-3-5-8/h2-8H,1H3;1-7,9H. The van der Waals surface area contributed by atoms with Crippen LogP contribution in [0.3, 0.4) is 0 Å². The predicted molar refractivity (Wildman–Crippen MR) is 85.3 cm³/mol. The third-order valence-corrected chi connectivity index (χ3v) is 2.36. The van der Waals surface area contributed by atoms with Gasteiger partial charge in [0.15, 0.2) is 0 Å². The first kappa shape index (κ1) is 16.2. The lowest BCUT2D eigenvalue weighted by molar-refractivity contribution is -0.135. The van der Waals surface area contributed by atoms with Crippen molar-refractivity contribution in [3.8, 4) is 0 Å². The Labute approximate surface area is 124 Å². The molecule has 21 heavy (non-hydrogen) atoms. The van der Waals surface area contributed by atoms with E-state index >= 15 is 0 Å². The van der Waals surface area contributed by atoms with Crippen LogP contribution in [-0.2, 0) is 9.53 Å². The third-order valence-electron chi connectivity index (χ3n) is 2.36. The van der Waals surface area contributed by atoms with Crippen LogP contribution in [0.15, 0.2) is 73.2 Å². The van der Waals surface area contributed by atoms with Gasteiger partial charge in [-0.2, -0.15) is 0 Å². The van der Waals surface area contributed by atoms with Gasteiger partial charge in [-0.3, -0.25) is 4.79 Å². The Morgan fingerprint density at radius 2 is 1.38 bits per heavy atom. The van der Waals surface area contributed by atoms with Gasteiger partial charge in [0.05, 0.1) is 12.5 Å². The van der Waals surface area contributed by atoms with Crippen molar-refractivity contribution in [3.63, 3.8) is 0 Å². The maximum absolute atomic E-state index is 10.4. The van der Waals surface area contributed by atoms with E-state index in [-0.39, 0.29) is 5.97 Å². The van der Waals surface area contributed by atoms with Crippen LogP contribution in [0.2, 0.25) is 0 Å². The zero-order valence-electron chi connectivity index (χ0n) is 11.8. The molecular formula is C18H18O3. The van der Waals surface area contributed by atoms with Gasteiger partial charge >= 0.3 is 5.97 Å². The van der Waals surface area contributed by atoms with Crippen molar-refractivity contribution >= 4 is 18.1 Å². The fraction of sp³-hybridized carbons (Fsp3) is 0.0556. The molecule has 0 bridgehead atoms. The largest absolute Gasteiger partial charge is 0.516 e. The van der Waals surface area contributed by atoms with E-state index in [1.54, 1.807) is 12.2 Å². The van der Waals surface area contributed by atoms with E-state index in [4.69, 9.17) is 5.11 Å². The lowest BCUT2D eigenvalue weighted by Gasteiger charge is -1.91. The molecule has 0 atom stereocenters. The van der Waals surface area contributed by atoms with Gasteiger partial charge in [0.2, 0.25) is 0 Å². The SMILES string of the molecule is CC(=O)OC=Cc1ccccc1.OC=Cc1ccccc1. The molecule has 0 aliphatic heterocycles. The molecule has 0 aromatic heterocycles. The van der Waals surface area contributed by atoms with E-state index in [0.717, 1.165) is 17.4 Å². The number of hydrogen-bond donors (Lipinski definition) is 1. The second-order valence-corrected chi connectivity index (χ2v) is 4.05. The number of aliphatic hydroxyl groups excluding tert-OH is 1. The molecule has 3 heteroatoms. The number of ether oxygens (including phenoxy) is 1. The van der Waals surface area contributed by atoms with Crippen LogP contribution >= 0.6 is 0 Å². The number of carbonyl (C=O) groups is 1. The lowest BCUT2D eigenvalue weighted by Crippen LogP contribution is -1.88. The van der Waals surface area contributed by atoms with E-state index in [0.29, 0.717) is 0 Å². The number of aliphatic hydroxyl groups is 1. The van der Waals surface area contributed by atoms with Crippen molar-refractivity contribution in [2.24, 2.45) is 0 Å². The number of benzene rings is 2. The molecule has 0 aliphatic carbocycles. The number of hydrogen-bond acceptors (Lipinski definition) is 3. The third kappa shape index (κ3) is 8.06. The van der Waals surface area contributed by atoms with Crippen molar-refractivity contribution in [1.82, 2.24) is 0 Å². The van der Waals surface area contributed by atoms with Gasteiger partial charge in [-0.05, 0) is 23.3 Å². The molecule has 2 rings (SSSR count). The summed E-state index contributed by atoms with van der Waals surface area (Å²) in [6.45, 7) is 1.37.